The molecule has 0 saturated carbocycles. The van der Waals surface area contributed by atoms with Gasteiger partial charge in [-0.3, -0.25) is 14.7 Å². The first-order valence-corrected chi connectivity index (χ1v) is 11.7. The summed E-state index contributed by atoms with van der Waals surface area (Å²) in [5.74, 6) is 1.48. The highest BCUT2D eigenvalue weighted by molar-refractivity contribution is 7.99. The third-order valence-electron chi connectivity index (χ3n) is 5.16. The number of nitrogens with one attached hydrogen (secondary N) is 1. The van der Waals surface area contributed by atoms with Crippen LogP contribution in [0.25, 0.3) is 0 Å². The zero-order valence-electron chi connectivity index (χ0n) is 17.1. The number of aromatic nitrogens is 1. The van der Waals surface area contributed by atoms with E-state index in [0.717, 1.165) is 70.0 Å². The van der Waals surface area contributed by atoms with Crippen LogP contribution in [0.1, 0.15) is 24.0 Å². The Morgan fingerprint density at radius 1 is 0.966 bits per heavy atom. The number of piperazine rings is 1. The van der Waals surface area contributed by atoms with Crippen LogP contribution in [0, 0.1) is 0 Å². The van der Waals surface area contributed by atoms with Crippen molar-refractivity contribution in [1.29, 1.82) is 0 Å². The fourth-order valence-electron chi connectivity index (χ4n) is 3.50. The summed E-state index contributed by atoms with van der Waals surface area (Å²) in [6.07, 6.45) is 5.81. The average Bonchev–Trinajstić information content (AvgIpc) is 2.76. The van der Waals surface area contributed by atoms with E-state index in [0.29, 0.717) is 5.75 Å². The molecule has 1 fully saturated rings. The van der Waals surface area contributed by atoms with Crippen LogP contribution in [0.3, 0.4) is 0 Å². The molecule has 1 N–H and O–H groups in total. The van der Waals surface area contributed by atoms with Gasteiger partial charge in [-0.2, -0.15) is 0 Å². The molecule has 5 nitrogen and oxygen atoms in total. The number of rotatable bonds is 11. The van der Waals surface area contributed by atoms with Crippen LogP contribution in [-0.2, 0) is 17.1 Å². The van der Waals surface area contributed by atoms with E-state index in [2.05, 4.69) is 50.4 Å². The summed E-state index contributed by atoms with van der Waals surface area (Å²) in [5, 5.41) is 3.04. The fourth-order valence-corrected chi connectivity index (χ4v) is 4.29. The molecular formula is C23H32N4OS. The van der Waals surface area contributed by atoms with Gasteiger partial charge in [0.15, 0.2) is 0 Å². The van der Waals surface area contributed by atoms with Gasteiger partial charge in [0.05, 0.1) is 5.75 Å². The second-order valence-electron chi connectivity index (χ2n) is 7.51. The molecule has 0 spiro atoms. The van der Waals surface area contributed by atoms with Crippen LogP contribution in [0.2, 0.25) is 0 Å². The van der Waals surface area contributed by atoms with Crippen LogP contribution in [0.15, 0.2) is 54.9 Å². The van der Waals surface area contributed by atoms with E-state index in [1.807, 2.05) is 18.3 Å². The molecule has 6 heteroatoms. The Labute approximate surface area is 178 Å². The second-order valence-corrected chi connectivity index (χ2v) is 8.50. The molecule has 1 aromatic carbocycles. The molecule has 1 amide bonds. The third-order valence-corrected chi connectivity index (χ3v) is 6.17. The lowest BCUT2D eigenvalue weighted by Crippen LogP contribution is -2.46. The third kappa shape index (κ3) is 8.56. The number of thioether (sulfide) groups is 1. The first kappa shape index (κ1) is 21.8. The predicted octanol–water partition coefficient (Wildman–Crippen LogP) is 3.03. The predicted molar refractivity (Wildman–Crippen MR) is 121 cm³/mol. The number of carbonyl (C=O) groups excluding carboxylic acids is 1. The van der Waals surface area contributed by atoms with Crippen molar-refractivity contribution in [3.8, 4) is 0 Å². The fraction of sp³-hybridized carbons (Fsp3) is 0.478. The maximum absolute atomic E-state index is 11.9. The Hall–Kier alpha value is -1.89. The van der Waals surface area contributed by atoms with Crippen molar-refractivity contribution < 1.29 is 4.79 Å². The highest BCUT2D eigenvalue weighted by Gasteiger charge is 2.16. The topological polar surface area (TPSA) is 48.5 Å². The molecule has 1 aliphatic heterocycles. The van der Waals surface area contributed by atoms with Crippen molar-refractivity contribution >= 4 is 17.7 Å². The minimum Gasteiger partial charge on any atom is -0.355 e. The SMILES string of the molecule is O=C(CSCc1cccnc1)NCCCCN1CCN(Cc2ccccc2)CC1. The van der Waals surface area contributed by atoms with Gasteiger partial charge in [-0.15, -0.1) is 11.8 Å². The van der Waals surface area contributed by atoms with E-state index in [1.165, 1.54) is 5.56 Å². The maximum Gasteiger partial charge on any atom is 0.230 e. The molecule has 3 rings (SSSR count). The first-order valence-electron chi connectivity index (χ1n) is 10.5. The molecule has 156 valence electrons. The summed E-state index contributed by atoms with van der Waals surface area (Å²) in [6, 6.07) is 14.7. The van der Waals surface area contributed by atoms with E-state index in [1.54, 1.807) is 18.0 Å². The lowest BCUT2D eigenvalue weighted by atomic mass is 10.2. The molecule has 2 heterocycles. The normalized spacial score (nSPS) is 15.3. The smallest absolute Gasteiger partial charge is 0.230 e. The minimum atomic E-state index is 0.133. The Morgan fingerprint density at radius 3 is 2.48 bits per heavy atom. The maximum atomic E-state index is 11.9. The monoisotopic (exact) mass is 412 g/mol. The number of nitrogens with zero attached hydrogens (tertiary/aromatic N) is 3. The van der Waals surface area contributed by atoms with E-state index in [9.17, 15) is 4.79 Å². The molecule has 29 heavy (non-hydrogen) atoms. The largest absolute Gasteiger partial charge is 0.355 e. The van der Waals surface area contributed by atoms with Crippen LogP contribution in [0.4, 0.5) is 0 Å². The standard InChI is InChI=1S/C23H32N4OS/c28-23(20-29-19-22-9-6-10-24-17-22)25-11-4-5-12-26-13-15-27(16-14-26)18-21-7-2-1-3-8-21/h1-3,6-10,17H,4-5,11-16,18-20H2,(H,25,28). The lowest BCUT2D eigenvalue weighted by molar-refractivity contribution is -0.118. The minimum absolute atomic E-state index is 0.133. The molecule has 1 aromatic heterocycles. The lowest BCUT2D eigenvalue weighted by Gasteiger charge is -2.34. The zero-order chi connectivity index (χ0) is 20.2. The average molecular weight is 413 g/mol. The van der Waals surface area contributed by atoms with Gasteiger partial charge < -0.3 is 10.2 Å². The van der Waals surface area contributed by atoms with E-state index < -0.39 is 0 Å². The molecule has 0 atom stereocenters. The summed E-state index contributed by atoms with van der Waals surface area (Å²) < 4.78 is 0. The van der Waals surface area contributed by atoms with Crippen LogP contribution in [-0.4, -0.2) is 65.7 Å². The Kier molecular flexibility index (Phi) is 9.50. The molecule has 1 saturated heterocycles. The number of amides is 1. The number of hydrogen-bond acceptors (Lipinski definition) is 5. The van der Waals surface area contributed by atoms with E-state index in [4.69, 9.17) is 0 Å². The van der Waals surface area contributed by atoms with Crippen molar-refractivity contribution in [3.05, 3.63) is 66.0 Å². The van der Waals surface area contributed by atoms with E-state index in [-0.39, 0.29) is 5.91 Å². The van der Waals surface area contributed by atoms with Crippen molar-refractivity contribution in [3.63, 3.8) is 0 Å². The van der Waals surface area contributed by atoms with Gasteiger partial charge in [0.1, 0.15) is 0 Å². The van der Waals surface area contributed by atoms with Crippen LogP contribution < -0.4 is 5.32 Å². The van der Waals surface area contributed by atoms with E-state index >= 15 is 0 Å². The molecule has 2 aromatic rings. The number of unbranched alkanes of at least 4 members (excludes halogenated alkanes) is 1. The van der Waals surface area contributed by atoms with Crippen molar-refractivity contribution in [1.82, 2.24) is 20.1 Å². The van der Waals surface area contributed by atoms with Crippen molar-refractivity contribution in [2.24, 2.45) is 0 Å². The number of benzene rings is 1. The van der Waals surface area contributed by atoms with Gasteiger partial charge in [0.25, 0.3) is 0 Å². The number of hydrogen-bond donors (Lipinski definition) is 1. The molecule has 0 bridgehead atoms. The highest BCUT2D eigenvalue weighted by atomic mass is 32.2. The zero-order valence-corrected chi connectivity index (χ0v) is 17.9. The summed E-state index contributed by atoms with van der Waals surface area (Å²) in [6.45, 7) is 7.53. The number of pyridine rings is 1. The Balaban J connectivity index is 1.18. The summed E-state index contributed by atoms with van der Waals surface area (Å²) in [4.78, 5) is 21.1. The summed E-state index contributed by atoms with van der Waals surface area (Å²) in [5.41, 5.74) is 2.56. The Morgan fingerprint density at radius 2 is 1.72 bits per heavy atom. The second kappa shape index (κ2) is 12.6. The quantitative estimate of drug-likeness (QED) is 0.575. The number of carbonyl (C=O) groups is 1. The molecule has 0 radical (unpaired) electrons. The van der Waals surface area contributed by atoms with Gasteiger partial charge in [0, 0.05) is 57.4 Å². The first-order chi connectivity index (χ1) is 14.3. The van der Waals surface area contributed by atoms with Gasteiger partial charge in [0.2, 0.25) is 5.91 Å². The van der Waals surface area contributed by atoms with Crippen LogP contribution >= 0.6 is 11.8 Å². The van der Waals surface area contributed by atoms with Gasteiger partial charge >= 0.3 is 0 Å². The molecular weight excluding hydrogens is 380 g/mol. The molecule has 1 aliphatic rings. The van der Waals surface area contributed by atoms with Crippen molar-refractivity contribution in [2.75, 3.05) is 45.0 Å². The summed E-state index contributed by atoms with van der Waals surface area (Å²) >= 11 is 1.64. The molecule has 0 unspecified atom stereocenters. The highest BCUT2D eigenvalue weighted by Crippen LogP contribution is 2.11. The Bertz CT molecular complexity index is 705. The van der Waals surface area contributed by atoms with Crippen molar-refractivity contribution in [2.45, 2.75) is 25.1 Å². The van der Waals surface area contributed by atoms with Gasteiger partial charge in [-0.05, 0) is 36.6 Å². The van der Waals surface area contributed by atoms with Crippen LogP contribution in [0.5, 0.6) is 0 Å². The van der Waals surface area contributed by atoms with Gasteiger partial charge in [-0.25, -0.2) is 0 Å². The van der Waals surface area contributed by atoms with Gasteiger partial charge in [-0.1, -0.05) is 36.4 Å². The summed E-state index contributed by atoms with van der Waals surface area (Å²) in [7, 11) is 0. The molecule has 0 aliphatic carbocycles.